The first-order valence-electron chi connectivity index (χ1n) is 7.73. The Labute approximate surface area is 148 Å². The summed E-state index contributed by atoms with van der Waals surface area (Å²) >= 11 is 0. The topological polar surface area (TPSA) is 41.1 Å². The molecule has 1 aromatic heterocycles. The van der Waals surface area contributed by atoms with Gasteiger partial charge in [-0.15, -0.1) is 12.4 Å². The second kappa shape index (κ2) is 7.88. The van der Waals surface area contributed by atoms with Gasteiger partial charge in [0.05, 0.1) is 6.61 Å². The van der Waals surface area contributed by atoms with Crippen LogP contribution < -0.4 is 9.64 Å². The zero-order chi connectivity index (χ0) is 16.2. The van der Waals surface area contributed by atoms with Crippen LogP contribution in [0.5, 0.6) is 5.75 Å². The third-order valence-corrected chi connectivity index (χ3v) is 3.75. The van der Waals surface area contributed by atoms with E-state index in [1.165, 1.54) is 5.69 Å². The van der Waals surface area contributed by atoms with Crippen LogP contribution in [0.3, 0.4) is 0 Å². The van der Waals surface area contributed by atoms with Gasteiger partial charge in [-0.05, 0) is 36.8 Å². The summed E-state index contributed by atoms with van der Waals surface area (Å²) in [5.74, 6) is 1.72. The molecule has 0 atom stereocenters. The van der Waals surface area contributed by atoms with Crippen LogP contribution in [0, 0.1) is 0 Å². The standard InChI is InChI=1S/C19H21N3O.ClH/c1-4-23-18-13-15(19-20-11-12-21-19)7-10-17(18)14-5-8-16(9-6-14)22(2)3;/h5-13H,4H2,1-3H3,(H,20,21);1H. The van der Waals surface area contributed by atoms with Gasteiger partial charge in [0.1, 0.15) is 11.6 Å². The van der Waals surface area contributed by atoms with Crippen LogP contribution in [0.4, 0.5) is 5.69 Å². The maximum Gasteiger partial charge on any atom is 0.137 e. The molecule has 1 N–H and O–H groups in total. The molecule has 3 aromatic rings. The lowest BCUT2D eigenvalue weighted by Crippen LogP contribution is -2.07. The maximum absolute atomic E-state index is 5.86. The number of H-pyrrole nitrogens is 1. The van der Waals surface area contributed by atoms with Crippen LogP contribution in [0.2, 0.25) is 0 Å². The van der Waals surface area contributed by atoms with Crippen LogP contribution in [-0.2, 0) is 0 Å². The molecule has 24 heavy (non-hydrogen) atoms. The Morgan fingerprint density at radius 2 is 1.75 bits per heavy atom. The summed E-state index contributed by atoms with van der Waals surface area (Å²) in [5.41, 5.74) is 4.43. The van der Waals surface area contributed by atoms with E-state index in [0.717, 1.165) is 28.3 Å². The zero-order valence-electron chi connectivity index (χ0n) is 14.1. The quantitative estimate of drug-likeness (QED) is 0.734. The average Bonchev–Trinajstić information content (AvgIpc) is 3.10. The predicted molar refractivity (Wildman–Crippen MR) is 102 cm³/mol. The van der Waals surface area contributed by atoms with E-state index in [2.05, 4.69) is 51.3 Å². The highest BCUT2D eigenvalue weighted by molar-refractivity contribution is 5.85. The molecule has 2 aromatic carbocycles. The fourth-order valence-electron chi connectivity index (χ4n) is 2.55. The SMILES string of the molecule is CCOc1cc(-c2ncc[nH]2)ccc1-c1ccc(N(C)C)cc1.Cl. The van der Waals surface area contributed by atoms with Crippen molar-refractivity contribution in [2.45, 2.75) is 6.92 Å². The number of imidazole rings is 1. The fraction of sp³-hybridized carbons (Fsp3) is 0.211. The normalized spacial score (nSPS) is 10.1. The minimum Gasteiger partial charge on any atom is -0.493 e. The van der Waals surface area contributed by atoms with E-state index >= 15 is 0 Å². The first kappa shape index (κ1) is 17.9. The summed E-state index contributed by atoms with van der Waals surface area (Å²) in [7, 11) is 4.08. The molecular weight excluding hydrogens is 322 g/mol. The molecule has 0 spiro atoms. The highest BCUT2D eigenvalue weighted by Gasteiger charge is 2.10. The van der Waals surface area contributed by atoms with Crippen LogP contribution in [-0.4, -0.2) is 30.7 Å². The third kappa shape index (κ3) is 3.71. The molecule has 0 bridgehead atoms. The van der Waals surface area contributed by atoms with Gasteiger partial charge < -0.3 is 14.6 Å². The van der Waals surface area contributed by atoms with Crippen molar-refractivity contribution in [2.75, 3.05) is 25.6 Å². The highest BCUT2D eigenvalue weighted by Crippen LogP contribution is 2.34. The van der Waals surface area contributed by atoms with Crippen LogP contribution in [0.15, 0.2) is 54.9 Å². The molecular formula is C19H22ClN3O. The second-order valence-corrected chi connectivity index (χ2v) is 5.52. The number of hydrogen-bond acceptors (Lipinski definition) is 3. The van der Waals surface area contributed by atoms with Gasteiger partial charge in [0.25, 0.3) is 0 Å². The number of rotatable bonds is 5. The Kier molecular flexibility index (Phi) is 5.88. The predicted octanol–water partition coefficient (Wildman–Crippen LogP) is 4.63. The average molecular weight is 344 g/mol. The Bertz CT molecular complexity index is 768. The maximum atomic E-state index is 5.86. The van der Waals surface area contributed by atoms with Gasteiger partial charge in [-0.3, -0.25) is 0 Å². The second-order valence-electron chi connectivity index (χ2n) is 5.52. The summed E-state index contributed by atoms with van der Waals surface area (Å²) in [4.78, 5) is 9.52. The molecule has 0 amide bonds. The van der Waals surface area contributed by atoms with Crippen LogP contribution in [0.1, 0.15) is 6.92 Å². The van der Waals surface area contributed by atoms with E-state index in [9.17, 15) is 0 Å². The number of nitrogens with zero attached hydrogens (tertiary/aromatic N) is 2. The Balaban J connectivity index is 0.00000208. The molecule has 0 aliphatic carbocycles. The minimum absolute atomic E-state index is 0. The summed E-state index contributed by atoms with van der Waals surface area (Å²) in [6.07, 6.45) is 3.58. The van der Waals surface area contributed by atoms with E-state index in [0.29, 0.717) is 6.61 Å². The lowest BCUT2D eigenvalue weighted by atomic mass is 10.0. The van der Waals surface area contributed by atoms with Crippen molar-refractivity contribution >= 4 is 18.1 Å². The zero-order valence-corrected chi connectivity index (χ0v) is 14.9. The molecule has 0 aliphatic heterocycles. The van der Waals surface area contributed by atoms with Gasteiger partial charge in [0.15, 0.2) is 0 Å². The van der Waals surface area contributed by atoms with Crippen molar-refractivity contribution in [3.63, 3.8) is 0 Å². The van der Waals surface area contributed by atoms with E-state index < -0.39 is 0 Å². The molecule has 1 heterocycles. The van der Waals surface area contributed by atoms with E-state index in [1.54, 1.807) is 6.20 Å². The summed E-state index contributed by atoms with van der Waals surface area (Å²) in [6, 6.07) is 14.7. The number of ether oxygens (including phenoxy) is 1. The molecule has 0 saturated heterocycles. The van der Waals surface area contributed by atoms with Gasteiger partial charge in [-0.2, -0.15) is 0 Å². The highest BCUT2D eigenvalue weighted by atomic mass is 35.5. The monoisotopic (exact) mass is 343 g/mol. The molecule has 5 heteroatoms. The number of aromatic amines is 1. The van der Waals surface area contributed by atoms with Crippen LogP contribution >= 0.6 is 12.4 Å². The van der Waals surface area contributed by atoms with Crippen molar-refractivity contribution in [1.82, 2.24) is 9.97 Å². The molecule has 0 radical (unpaired) electrons. The summed E-state index contributed by atoms with van der Waals surface area (Å²) < 4.78 is 5.86. The van der Waals surface area contributed by atoms with E-state index in [1.807, 2.05) is 33.3 Å². The molecule has 4 nitrogen and oxygen atoms in total. The number of benzene rings is 2. The molecule has 0 fully saturated rings. The van der Waals surface area contributed by atoms with Crippen molar-refractivity contribution < 1.29 is 4.74 Å². The summed E-state index contributed by atoms with van der Waals surface area (Å²) in [5, 5.41) is 0. The Hall–Kier alpha value is -2.46. The Morgan fingerprint density at radius 1 is 1.04 bits per heavy atom. The van der Waals surface area contributed by atoms with Gasteiger partial charge >= 0.3 is 0 Å². The van der Waals surface area contributed by atoms with Gasteiger partial charge in [-0.1, -0.05) is 18.2 Å². The first-order valence-corrected chi connectivity index (χ1v) is 7.73. The van der Waals surface area contributed by atoms with Gasteiger partial charge in [0.2, 0.25) is 0 Å². The van der Waals surface area contributed by atoms with E-state index in [4.69, 9.17) is 4.74 Å². The smallest absolute Gasteiger partial charge is 0.137 e. The van der Waals surface area contributed by atoms with Crippen molar-refractivity contribution in [2.24, 2.45) is 0 Å². The number of aromatic nitrogens is 2. The number of hydrogen-bond donors (Lipinski definition) is 1. The van der Waals surface area contributed by atoms with Crippen LogP contribution in [0.25, 0.3) is 22.5 Å². The molecule has 126 valence electrons. The largest absolute Gasteiger partial charge is 0.493 e. The molecule has 0 unspecified atom stereocenters. The van der Waals surface area contributed by atoms with Gasteiger partial charge in [0, 0.05) is 43.3 Å². The number of halogens is 1. The van der Waals surface area contributed by atoms with Crippen molar-refractivity contribution in [1.29, 1.82) is 0 Å². The van der Waals surface area contributed by atoms with Gasteiger partial charge in [-0.25, -0.2) is 4.98 Å². The number of nitrogens with one attached hydrogen (secondary N) is 1. The lowest BCUT2D eigenvalue weighted by molar-refractivity contribution is 0.342. The summed E-state index contributed by atoms with van der Waals surface area (Å²) in [6.45, 7) is 2.63. The lowest BCUT2D eigenvalue weighted by Gasteiger charge is -2.15. The van der Waals surface area contributed by atoms with E-state index in [-0.39, 0.29) is 12.4 Å². The fourth-order valence-corrected chi connectivity index (χ4v) is 2.55. The molecule has 0 aliphatic rings. The van der Waals surface area contributed by atoms with Crippen molar-refractivity contribution in [3.05, 3.63) is 54.9 Å². The first-order chi connectivity index (χ1) is 11.2. The minimum atomic E-state index is 0. The van der Waals surface area contributed by atoms with Crippen molar-refractivity contribution in [3.8, 4) is 28.3 Å². The third-order valence-electron chi connectivity index (χ3n) is 3.75. The number of anilines is 1. The molecule has 0 saturated carbocycles. The molecule has 3 rings (SSSR count). The Morgan fingerprint density at radius 3 is 2.33 bits per heavy atom.